The molecule has 0 aromatic carbocycles. The molecule has 0 atom stereocenters. The molecule has 0 bridgehead atoms. The van der Waals surface area contributed by atoms with E-state index in [9.17, 15) is 0 Å². The topological polar surface area (TPSA) is 50.9 Å². The van der Waals surface area contributed by atoms with Gasteiger partial charge < -0.3 is 11.1 Å². The minimum Gasteiger partial charge on any atom is -0.384 e. The number of nitrogens with one attached hydrogen (secondary N) is 1. The molecule has 76 valence electrons. The number of hydrogen-bond acceptors (Lipinski definition) is 3. The maximum Gasteiger partial charge on any atom is 0.0400 e. The summed E-state index contributed by atoms with van der Waals surface area (Å²) in [6.45, 7) is 3.86. The Morgan fingerprint density at radius 1 is 1.57 bits per heavy atom. The zero-order chi connectivity index (χ0) is 10.0. The lowest BCUT2D eigenvalue weighted by Gasteiger charge is -2.15. The Hall–Kier alpha value is -1.09. The third-order valence-electron chi connectivity index (χ3n) is 3.06. The van der Waals surface area contributed by atoms with E-state index in [4.69, 9.17) is 5.73 Å². The number of pyridine rings is 1. The van der Waals surface area contributed by atoms with Crippen molar-refractivity contribution < 1.29 is 0 Å². The maximum atomic E-state index is 5.72. The van der Waals surface area contributed by atoms with Gasteiger partial charge in [0.05, 0.1) is 0 Å². The highest BCUT2D eigenvalue weighted by Crippen LogP contribution is 2.44. The zero-order valence-corrected chi connectivity index (χ0v) is 8.59. The molecule has 0 aliphatic heterocycles. The van der Waals surface area contributed by atoms with Gasteiger partial charge in [-0.1, -0.05) is 0 Å². The van der Waals surface area contributed by atoms with Crippen LogP contribution >= 0.6 is 0 Å². The molecular weight excluding hydrogens is 174 g/mol. The summed E-state index contributed by atoms with van der Waals surface area (Å²) in [5.41, 5.74) is 8.48. The Balaban J connectivity index is 1.95. The van der Waals surface area contributed by atoms with Gasteiger partial charge in [0.2, 0.25) is 0 Å². The van der Waals surface area contributed by atoms with E-state index >= 15 is 0 Å². The average molecular weight is 191 g/mol. The number of rotatable bonds is 4. The quantitative estimate of drug-likeness (QED) is 0.759. The van der Waals surface area contributed by atoms with E-state index in [1.807, 2.05) is 18.5 Å². The van der Waals surface area contributed by atoms with Gasteiger partial charge in [-0.2, -0.15) is 0 Å². The van der Waals surface area contributed by atoms with Gasteiger partial charge in [0.25, 0.3) is 0 Å². The normalized spacial score (nSPS) is 17.9. The predicted molar refractivity (Wildman–Crippen MR) is 58.2 cm³/mol. The zero-order valence-electron chi connectivity index (χ0n) is 8.59. The monoisotopic (exact) mass is 191 g/mol. The summed E-state index contributed by atoms with van der Waals surface area (Å²) in [6, 6.07) is 2.02. The second-order valence-corrected chi connectivity index (χ2v) is 4.25. The largest absolute Gasteiger partial charge is 0.384 e. The molecule has 3 nitrogen and oxygen atoms in total. The fourth-order valence-corrected chi connectivity index (χ4v) is 1.58. The SMILES string of the molecule is Cc1cnccc1NCC1(CN)CC1. The summed E-state index contributed by atoms with van der Waals surface area (Å²) in [5, 5.41) is 3.45. The first-order valence-electron chi connectivity index (χ1n) is 5.10. The number of hydrogen-bond donors (Lipinski definition) is 2. The number of anilines is 1. The molecule has 1 aromatic rings. The maximum absolute atomic E-state index is 5.72. The number of aryl methyl sites for hydroxylation is 1. The lowest BCUT2D eigenvalue weighted by Crippen LogP contribution is -2.24. The number of nitrogens with two attached hydrogens (primary N) is 1. The predicted octanol–water partition coefficient (Wildman–Crippen LogP) is 1.54. The summed E-state index contributed by atoms with van der Waals surface area (Å²) < 4.78 is 0. The van der Waals surface area contributed by atoms with Crippen LogP contribution in [0.1, 0.15) is 18.4 Å². The van der Waals surface area contributed by atoms with Crippen LogP contribution < -0.4 is 11.1 Å². The summed E-state index contributed by atoms with van der Waals surface area (Å²) in [7, 11) is 0. The molecule has 14 heavy (non-hydrogen) atoms. The Kier molecular flexibility index (Phi) is 2.42. The molecule has 3 heteroatoms. The molecule has 2 rings (SSSR count). The van der Waals surface area contributed by atoms with Crippen LogP contribution in [0.25, 0.3) is 0 Å². The first-order chi connectivity index (χ1) is 6.76. The van der Waals surface area contributed by atoms with E-state index in [0.29, 0.717) is 5.41 Å². The summed E-state index contributed by atoms with van der Waals surface area (Å²) in [5.74, 6) is 0. The number of nitrogens with zero attached hydrogens (tertiary/aromatic N) is 1. The molecular formula is C11H17N3. The van der Waals surface area contributed by atoms with Gasteiger partial charge in [0.1, 0.15) is 0 Å². The van der Waals surface area contributed by atoms with Gasteiger partial charge in [-0.3, -0.25) is 4.98 Å². The molecule has 0 radical (unpaired) electrons. The lowest BCUT2D eigenvalue weighted by molar-refractivity contribution is 0.555. The van der Waals surface area contributed by atoms with Crippen molar-refractivity contribution in [2.75, 3.05) is 18.4 Å². The van der Waals surface area contributed by atoms with Crippen LogP contribution in [0.3, 0.4) is 0 Å². The molecule has 1 aliphatic rings. The number of aromatic nitrogens is 1. The fourth-order valence-electron chi connectivity index (χ4n) is 1.58. The van der Waals surface area contributed by atoms with Crippen LogP contribution in [-0.2, 0) is 0 Å². The van der Waals surface area contributed by atoms with Crippen molar-refractivity contribution >= 4 is 5.69 Å². The fraction of sp³-hybridized carbons (Fsp3) is 0.545. The van der Waals surface area contributed by atoms with Crippen LogP contribution in [-0.4, -0.2) is 18.1 Å². The molecule has 3 N–H and O–H groups in total. The van der Waals surface area contributed by atoms with Crippen molar-refractivity contribution in [1.82, 2.24) is 4.98 Å². The van der Waals surface area contributed by atoms with Crippen molar-refractivity contribution in [3.63, 3.8) is 0 Å². The standard InChI is InChI=1S/C11H17N3/c1-9-6-13-5-2-10(9)14-8-11(7-12)3-4-11/h2,5-6H,3-4,7-8,12H2,1H3,(H,13,14). The Morgan fingerprint density at radius 2 is 2.36 bits per heavy atom. The van der Waals surface area contributed by atoms with Gasteiger partial charge in [-0.25, -0.2) is 0 Å². The van der Waals surface area contributed by atoms with Gasteiger partial charge in [0, 0.05) is 24.6 Å². The molecule has 0 unspecified atom stereocenters. The molecule has 1 aromatic heterocycles. The highest BCUT2D eigenvalue weighted by Gasteiger charge is 2.40. The Labute approximate surface area is 84.7 Å². The van der Waals surface area contributed by atoms with Crippen LogP contribution in [0.4, 0.5) is 5.69 Å². The lowest BCUT2D eigenvalue weighted by atomic mass is 10.1. The Morgan fingerprint density at radius 3 is 2.93 bits per heavy atom. The van der Waals surface area contributed by atoms with Crippen molar-refractivity contribution in [2.24, 2.45) is 11.1 Å². The van der Waals surface area contributed by atoms with Crippen molar-refractivity contribution in [2.45, 2.75) is 19.8 Å². The highest BCUT2D eigenvalue weighted by atomic mass is 14.9. The smallest absolute Gasteiger partial charge is 0.0400 e. The third-order valence-corrected chi connectivity index (χ3v) is 3.06. The molecule has 1 saturated carbocycles. The third kappa shape index (κ3) is 1.87. The van der Waals surface area contributed by atoms with E-state index in [2.05, 4.69) is 17.2 Å². The van der Waals surface area contributed by atoms with E-state index in [1.165, 1.54) is 24.1 Å². The minimum atomic E-state index is 0.385. The van der Waals surface area contributed by atoms with Crippen LogP contribution in [0, 0.1) is 12.3 Å². The molecule has 0 amide bonds. The summed E-state index contributed by atoms with van der Waals surface area (Å²) in [6.07, 6.45) is 6.23. The van der Waals surface area contributed by atoms with Gasteiger partial charge in [0.15, 0.2) is 0 Å². The van der Waals surface area contributed by atoms with E-state index in [-0.39, 0.29) is 0 Å². The van der Waals surface area contributed by atoms with E-state index < -0.39 is 0 Å². The molecule has 1 heterocycles. The average Bonchev–Trinajstić information content (AvgIpc) is 2.98. The second kappa shape index (κ2) is 3.58. The van der Waals surface area contributed by atoms with Gasteiger partial charge >= 0.3 is 0 Å². The van der Waals surface area contributed by atoms with Gasteiger partial charge in [-0.05, 0) is 43.4 Å². The van der Waals surface area contributed by atoms with Crippen LogP contribution in [0.5, 0.6) is 0 Å². The molecule has 0 spiro atoms. The van der Waals surface area contributed by atoms with E-state index in [0.717, 1.165) is 13.1 Å². The first-order valence-corrected chi connectivity index (χ1v) is 5.10. The minimum absolute atomic E-state index is 0.385. The van der Waals surface area contributed by atoms with Crippen molar-refractivity contribution in [3.05, 3.63) is 24.0 Å². The summed E-state index contributed by atoms with van der Waals surface area (Å²) >= 11 is 0. The summed E-state index contributed by atoms with van der Waals surface area (Å²) in [4.78, 5) is 4.06. The molecule has 1 fully saturated rings. The van der Waals surface area contributed by atoms with Crippen molar-refractivity contribution in [3.8, 4) is 0 Å². The van der Waals surface area contributed by atoms with Crippen LogP contribution in [0.15, 0.2) is 18.5 Å². The van der Waals surface area contributed by atoms with Crippen LogP contribution in [0.2, 0.25) is 0 Å². The highest BCUT2D eigenvalue weighted by molar-refractivity contribution is 5.48. The molecule has 1 aliphatic carbocycles. The van der Waals surface area contributed by atoms with Gasteiger partial charge in [-0.15, -0.1) is 0 Å². The molecule has 0 saturated heterocycles. The van der Waals surface area contributed by atoms with Crippen molar-refractivity contribution in [1.29, 1.82) is 0 Å². The second-order valence-electron chi connectivity index (χ2n) is 4.25. The Bertz CT molecular complexity index is 318. The van der Waals surface area contributed by atoms with E-state index in [1.54, 1.807) is 0 Å². The first kappa shape index (κ1) is 9.46.